The average Bonchev–Trinajstić information content (AvgIpc) is 2.58. The molecule has 2 rings (SSSR count). The standard InChI is InChI=1S/C16H16N2O5/c19-14(11-23-15-4-2-1-3-5-15)10-17-16(20)12-6-8-13(9-7-12)18(21)22/h1-9,14,19H,10-11H2,(H,17,20)/t14-/m1/s1. The zero-order valence-corrected chi connectivity index (χ0v) is 12.2. The molecule has 1 amide bonds. The minimum absolute atomic E-state index is 0.0165. The largest absolute Gasteiger partial charge is 0.491 e. The van der Waals surface area contributed by atoms with Gasteiger partial charge in [0.25, 0.3) is 11.6 Å². The number of amides is 1. The van der Waals surface area contributed by atoms with E-state index in [-0.39, 0.29) is 24.4 Å². The summed E-state index contributed by atoms with van der Waals surface area (Å²) in [7, 11) is 0. The molecule has 0 saturated heterocycles. The van der Waals surface area contributed by atoms with E-state index in [1.807, 2.05) is 18.2 Å². The van der Waals surface area contributed by atoms with Crippen molar-refractivity contribution in [3.8, 4) is 5.75 Å². The third kappa shape index (κ3) is 5.08. The molecular formula is C16H16N2O5. The van der Waals surface area contributed by atoms with E-state index in [0.717, 1.165) is 0 Å². The van der Waals surface area contributed by atoms with Crippen molar-refractivity contribution in [1.82, 2.24) is 5.32 Å². The summed E-state index contributed by atoms with van der Waals surface area (Å²) in [5.41, 5.74) is 0.199. The Bertz CT molecular complexity index is 658. The fraction of sp³-hybridized carbons (Fsp3) is 0.188. The highest BCUT2D eigenvalue weighted by Crippen LogP contribution is 2.12. The molecule has 2 aromatic carbocycles. The number of carbonyl (C=O) groups excluding carboxylic acids is 1. The van der Waals surface area contributed by atoms with Crippen LogP contribution >= 0.6 is 0 Å². The normalized spacial score (nSPS) is 11.5. The second kappa shape index (κ2) is 7.90. The number of ether oxygens (including phenoxy) is 1. The third-order valence-corrected chi connectivity index (χ3v) is 3.02. The number of aliphatic hydroxyl groups is 1. The molecule has 1 atom stereocenters. The minimum atomic E-state index is -0.864. The second-order valence-corrected chi connectivity index (χ2v) is 4.79. The number of carbonyl (C=O) groups is 1. The highest BCUT2D eigenvalue weighted by Gasteiger charge is 2.11. The maximum absolute atomic E-state index is 11.9. The highest BCUT2D eigenvalue weighted by atomic mass is 16.6. The summed E-state index contributed by atoms with van der Waals surface area (Å²) in [5.74, 6) is 0.215. The van der Waals surface area contributed by atoms with Crippen LogP contribution in [0.4, 0.5) is 5.69 Å². The number of nitrogens with one attached hydrogen (secondary N) is 1. The summed E-state index contributed by atoms with van der Waals surface area (Å²) in [4.78, 5) is 21.9. The molecule has 7 heteroatoms. The number of nitrogens with zero attached hydrogens (tertiary/aromatic N) is 1. The lowest BCUT2D eigenvalue weighted by Crippen LogP contribution is -2.35. The van der Waals surface area contributed by atoms with Crippen LogP contribution in [0.15, 0.2) is 54.6 Å². The Labute approximate surface area is 132 Å². The van der Waals surface area contributed by atoms with E-state index >= 15 is 0 Å². The van der Waals surface area contributed by atoms with Crippen molar-refractivity contribution >= 4 is 11.6 Å². The van der Waals surface area contributed by atoms with E-state index in [0.29, 0.717) is 5.75 Å². The van der Waals surface area contributed by atoms with E-state index in [2.05, 4.69) is 5.32 Å². The van der Waals surface area contributed by atoms with Crippen molar-refractivity contribution in [3.63, 3.8) is 0 Å². The minimum Gasteiger partial charge on any atom is -0.491 e. The van der Waals surface area contributed by atoms with Gasteiger partial charge in [-0.05, 0) is 24.3 Å². The van der Waals surface area contributed by atoms with Crippen LogP contribution in [-0.2, 0) is 0 Å². The number of nitro groups is 1. The molecule has 0 fully saturated rings. The summed E-state index contributed by atoms with van der Waals surface area (Å²) in [6.45, 7) is 0.0627. The molecule has 7 nitrogen and oxygen atoms in total. The molecule has 0 aliphatic rings. The van der Waals surface area contributed by atoms with Crippen molar-refractivity contribution in [2.24, 2.45) is 0 Å². The number of aliphatic hydroxyl groups excluding tert-OH is 1. The lowest BCUT2D eigenvalue weighted by Gasteiger charge is -2.13. The van der Waals surface area contributed by atoms with Gasteiger partial charge in [-0.1, -0.05) is 18.2 Å². The van der Waals surface area contributed by atoms with Crippen molar-refractivity contribution in [2.75, 3.05) is 13.2 Å². The highest BCUT2D eigenvalue weighted by molar-refractivity contribution is 5.94. The molecule has 2 aromatic rings. The van der Waals surface area contributed by atoms with E-state index in [1.54, 1.807) is 12.1 Å². The van der Waals surface area contributed by atoms with E-state index in [4.69, 9.17) is 4.74 Å². The first-order valence-corrected chi connectivity index (χ1v) is 6.95. The monoisotopic (exact) mass is 316 g/mol. The van der Waals surface area contributed by atoms with Crippen LogP contribution in [0.25, 0.3) is 0 Å². The summed E-state index contributed by atoms with van der Waals surface area (Å²) in [6.07, 6.45) is -0.864. The van der Waals surface area contributed by atoms with Gasteiger partial charge in [0.15, 0.2) is 0 Å². The Hall–Kier alpha value is -2.93. The Morgan fingerprint density at radius 1 is 1.17 bits per heavy atom. The number of hydrogen-bond donors (Lipinski definition) is 2. The molecule has 0 aliphatic heterocycles. The van der Waals surface area contributed by atoms with Crippen molar-refractivity contribution in [3.05, 3.63) is 70.3 Å². The zero-order valence-electron chi connectivity index (χ0n) is 12.2. The number of nitro benzene ring substituents is 1. The maximum Gasteiger partial charge on any atom is 0.269 e. The molecule has 0 aromatic heterocycles. The van der Waals surface area contributed by atoms with Crippen molar-refractivity contribution in [2.45, 2.75) is 6.10 Å². The lowest BCUT2D eigenvalue weighted by atomic mass is 10.2. The maximum atomic E-state index is 11.9. The van der Waals surface area contributed by atoms with Crippen LogP contribution in [0.1, 0.15) is 10.4 Å². The van der Waals surface area contributed by atoms with Crippen LogP contribution in [0.2, 0.25) is 0 Å². The molecule has 0 radical (unpaired) electrons. The predicted molar refractivity (Wildman–Crippen MR) is 83.4 cm³/mol. The molecule has 2 N–H and O–H groups in total. The molecule has 120 valence electrons. The fourth-order valence-electron chi connectivity index (χ4n) is 1.82. The summed E-state index contributed by atoms with van der Waals surface area (Å²) >= 11 is 0. The predicted octanol–water partition coefficient (Wildman–Crippen LogP) is 1.76. The smallest absolute Gasteiger partial charge is 0.269 e. The third-order valence-electron chi connectivity index (χ3n) is 3.02. The molecule has 0 heterocycles. The zero-order chi connectivity index (χ0) is 16.7. The van der Waals surface area contributed by atoms with Crippen LogP contribution < -0.4 is 10.1 Å². The molecular weight excluding hydrogens is 300 g/mol. The van der Waals surface area contributed by atoms with Crippen molar-refractivity contribution < 1.29 is 19.6 Å². The van der Waals surface area contributed by atoms with Crippen LogP contribution in [-0.4, -0.2) is 35.2 Å². The second-order valence-electron chi connectivity index (χ2n) is 4.79. The Kier molecular flexibility index (Phi) is 5.65. The van der Waals surface area contributed by atoms with Gasteiger partial charge in [0.05, 0.1) is 4.92 Å². The molecule has 0 bridgehead atoms. The number of non-ortho nitro benzene ring substituents is 1. The molecule has 0 spiro atoms. The van der Waals surface area contributed by atoms with Gasteiger partial charge in [0, 0.05) is 24.2 Å². The molecule has 0 aliphatic carbocycles. The Balaban J connectivity index is 1.78. The quantitative estimate of drug-likeness (QED) is 0.598. The first-order valence-electron chi connectivity index (χ1n) is 6.95. The van der Waals surface area contributed by atoms with Gasteiger partial charge in [0.2, 0.25) is 0 Å². The molecule has 0 saturated carbocycles. The summed E-state index contributed by atoms with van der Waals surface area (Å²) < 4.78 is 5.37. The first kappa shape index (κ1) is 16.4. The lowest BCUT2D eigenvalue weighted by molar-refractivity contribution is -0.384. The van der Waals surface area contributed by atoms with Crippen LogP contribution in [0, 0.1) is 10.1 Å². The Morgan fingerprint density at radius 2 is 1.83 bits per heavy atom. The fourth-order valence-corrected chi connectivity index (χ4v) is 1.82. The van der Waals surface area contributed by atoms with Gasteiger partial charge in [0.1, 0.15) is 18.5 Å². The molecule has 0 unspecified atom stereocenters. The van der Waals surface area contributed by atoms with Crippen LogP contribution in [0.3, 0.4) is 0 Å². The van der Waals surface area contributed by atoms with Gasteiger partial charge >= 0.3 is 0 Å². The SMILES string of the molecule is O=C(NC[C@@H](O)COc1ccccc1)c1ccc([N+](=O)[O-])cc1. The number of para-hydroxylation sites is 1. The Morgan fingerprint density at radius 3 is 2.43 bits per heavy atom. The average molecular weight is 316 g/mol. The molecule has 23 heavy (non-hydrogen) atoms. The number of rotatable bonds is 7. The number of benzene rings is 2. The van der Waals surface area contributed by atoms with Gasteiger partial charge in [-0.3, -0.25) is 14.9 Å². The van der Waals surface area contributed by atoms with E-state index in [9.17, 15) is 20.0 Å². The van der Waals surface area contributed by atoms with Gasteiger partial charge in [-0.15, -0.1) is 0 Å². The van der Waals surface area contributed by atoms with Gasteiger partial charge < -0.3 is 15.2 Å². The first-order chi connectivity index (χ1) is 11.1. The van der Waals surface area contributed by atoms with Gasteiger partial charge in [-0.25, -0.2) is 0 Å². The topological polar surface area (TPSA) is 102 Å². The summed E-state index contributed by atoms with van der Waals surface area (Å²) in [5, 5.41) is 22.9. The summed E-state index contributed by atoms with van der Waals surface area (Å²) in [6, 6.07) is 14.3. The van der Waals surface area contributed by atoms with Crippen LogP contribution in [0.5, 0.6) is 5.75 Å². The van der Waals surface area contributed by atoms with E-state index in [1.165, 1.54) is 24.3 Å². The number of hydrogen-bond acceptors (Lipinski definition) is 5. The van der Waals surface area contributed by atoms with Gasteiger partial charge in [-0.2, -0.15) is 0 Å². The van der Waals surface area contributed by atoms with Crippen molar-refractivity contribution in [1.29, 1.82) is 0 Å². The van der Waals surface area contributed by atoms with E-state index < -0.39 is 16.9 Å².